The molecule has 0 unspecified atom stereocenters. The van der Waals surface area contributed by atoms with E-state index in [0.29, 0.717) is 37.1 Å². The number of hydrogen-bond acceptors (Lipinski definition) is 4. The molecule has 0 aliphatic carbocycles. The van der Waals surface area contributed by atoms with E-state index in [4.69, 9.17) is 21.1 Å². The Kier molecular flexibility index (Phi) is 8.98. The van der Waals surface area contributed by atoms with E-state index in [1.54, 1.807) is 19.2 Å². The zero-order valence-corrected chi connectivity index (χ0v) is 13.4. The number of amides is 1. The number of ether oxygens (including phenoxy) is 2. The number of unbranched alkanes of at least 4 members (excludes halogenated alkanes) is 1. The maximum Gasteiger partial charge on any atom is 0.251 e. The number of methoxy groups -OCH3 is 1. The highest BCUT2D eigenvalue weighted by atomic mass is 35.5. The van der Waals surface area contributed by atoms with Crippen molar-refractivity contribution in [2.75, 3.05) is 33.5 Å². The molecule has 0 bridgehead atoms. The average molecular weight is 315 g/mol. The molecule has 0 atom stereocenters. The van der Waals surface area contributed by atoms with Gasteiger partial charge in [-0.1, -0.05) is 18.5 Å². The molecule has 118 valence electrons. The van der Waals surface area contributed by atoms with E-state index >= 15 is 0 Å². The SMILES string of the molecule is CCc1cc(C(=O)NCCCCOCCOC)cc(Cl)n1. The van der Waals surface area contributed by atoms with Gasteiger partial charge in [-0.3, -0.25) is 4.79 Å². The van der Waals surface area contributed by atoms with Crippen LogP contribution in [0.2, 0.25) is 5.15 Å². The molecule has 0 radical (unpaired) electrons. The van der Waals surface area contributed by atoms with Crippen LogP contribution in [0, 0.1) is 0 Å². The Balaban J connectivity index is 2.23. The lowest BCUT2D eigenvalue weighted by Gasteiger charge is -2.07. The first kappa shape index (κ1) is 17.9. The lowest BCUT2D eigenvalue weighted by atomic mass is 10.2. The Labute approximate surface area is 131 Å². The number of nitrogens with zero attached hydrogens (tertiary/aromatic N) is 1. The van der Waals surface area contributed by atoms with Gasteiger partial charge in [0.2, 0.25) is 0 Å². The summed E-state index contributed by atoms with van der Waals surface area (Å²) in [5.74, 6) is -0.116. The second kappa shape index (κ2) is 10.5. The van der Waals surface area contributed by atoms with Crippen LogP contribution in [0.25, 0.3) is 0 Å². The van der Waals surface area contributed by atoms with Crippen LogP contribution in [0.1, 0.15) is 35.8 Å². The van der Waals surface area contributed by atoms with Crippen molar-refractivity contribution in [2.24, 2.45) is 0 Å². The van der Waals surface area contributed by atoms with Crippen molar-refractivity contribution in [1.82, 2.24) is 10.3 Å². The zero-order valence-electron chi connectivity index (χ0n) is 12.7. The third-order valence-corrected chi connectivity index (χ3v) is 3.10. The van der Waals surface area contributed by atoms with E-state index < -0.39 is 0 Å². The number of hydrogen-bond donors (Lipinski definition) is 1. The first-order valence-electron chi connectivity index (χ1n) is 7.18. The van der Waals surface area contributed by atoms with Crippen molar-refractivity contribution < 1.29 is 14.3 Å². The maximum atomic E-state index is 12.0. The third kappa shape index (κ3) is 7.41. The van der Waals surface area contributed by atoms with Crippen LogP contribution < -0.4 is 5.32 Å². The molecule has 0 fully saturated rings. The molecule has 0 saturated carbocycles. The molecule has 1 rings (SSSR count). The summed E-state index contributed by atoms with van der Waals surface area (Å²) in [6.07, 6.45) is 2.53. The smallest absolute Gasteiger partial charge is 0.251 e. The summed E-state index contributed by atoms with van der Waals surface area (Å²) in [6, 6.07) is 3.36. The predicted octanol–water partition coefficient (Wildman–Crippen LogP) is 2.47. The molecule has 6 heteroatoms. The van der Waals surface area contributed by atoms with E-state index in [1.165, 1.54) is 0 Å². The minimum atomic E-state index is -0.116. The normalized spacial score (nSPS) is 10.6. The lowest BCUT2D eigenvalue weighted by molar-refractivity contribution is 0.0686. The highest BCUT2D eigenvalue weighted by Crippen LogP contribution is 2.11. The molecule has 0 saturated heterocycles. The van der Waals surface area contributed by atoms with Crippen molar-refractivity contribution in [3.8, 4) is 0 Å². The standard InChI is InChI=1S/C15H23ClN2O3/c1-3-13-10-12(11-14(16)18-13)15(19)17-6-4-5-7-21-9-8-20-2/h10-11H,3-9H2,1-2H3,(H,17,19). The van der Waals surface area contributed by atoms with Gasteiger partial charge in [-0.25, -0.2) is 4.98 Å². The number of carbonyl (C=O) groups is 1. The van der Waals surface area contributed by atoms with Crippen molar-refractivity contribution in [1.29, 1.82) is 0 Å². The minimum absolute atomic E-state index is 0.116. The Morgan fingerprint density at radius 1 is 1.29 bits per heavy atom. The quantitative estimate of drug-likeness (QED) is 0.532. The molecule has 0 spiro atoms. The fraction of sp³-hybridized carbons (Fsp3) is 0.600. The molecule has 1 N–H and O–H groups in total. The lowest BCUT2D eigenvalue weighted by Crippen LogP contribution is -2.25. The summed E-state index contributed by atoms with van der Waals surface area (Å²) in [4.78, 5) is 16.1. The van der Waals surface area contributed by atoms with Gasteiger partial charge < -0.3 is 14.8 Å². The van der Waals surface area contributed by atoms with Gasteiger partial charge in [0.1, 0.15) is 5.15 Å². The largest absolute Gasteiger partial charge is 0.382 e. The number of rotatable bonds is 10. The summed E-state index contributed by atoms with van der Waals surface area (Å²) in [7, 11) is 1.65. The highest BCUT2D eigenvalue weighted by molar-refractivity contribution is 6.29. The van der Waals surface area contributed by atoms with E-state index in [-0.39, 0.29) is 5.91 Å². The third-order valence-electron chi connectivity index (χ3n) is 2.90. The van der Waals surface area contributed by atoms with Gasteiger partial charge in [0, 0.05) is 31.5 Å². The van der Waals surface area contributed by atoms with Crippen LogP contribution in [0.3, 0.4) is 0 Å². The van der Waals surface area contributed by atoms with Gasteiger partial charge in [0.15, 0.2) is 0 Å². The van der Waals surface area contributed by atoms with E-state index in [9.17, 15) is 4.79 Å². The van der Waals surface area contributed by atoms with Gasteiger partial charge in [-0.15, -0.1) is 0 Å². The molecule has 21 heavy (non-hydrogen) atoms. The molecule has 1 aromatic rings. The number of halogens is 1. The fourth-order valence-electron chi connectivity index (χ4n) is 1.74. The minimum Gasteiger partial charge on any atom is -0.382 e. The van der Waals surface area contributed by atoms with Gasteiger partial charge >= 0.3 is 0 Å². The van der Waals surface area contributed by atoms with Crippen LogP contribution in [-0.2, 0) is 15.9 Å². The zero-order chi connectivity index (χ0) is 15.5. The molecule has 1 aromatic heterocycles. The molecule has 0 aromatic carbocycles. The average Bonchev–Trinajstić information content (AvgIpc) is 2.49. The van der Waals surface area contributed by atoms with Crippen LogP contribution in [0.5, 0.6) is 0 Å². The highest BCUT2D eigenvalue weighted by Gasteiger charge is 2.08. The number of aryl methyl sites for hydroxylation is 1. The Morgan fingerprint density at radius 2 is 2.10 bits per heavy atom. The summed E-state index contributed by atoms with van der Waals surface area (Å²) >= 11 is 5.90. The Hall–Kier alpha value is -1.17. The second-order valence-electron chi connectivity index (χ2n) is 4.59. The van der Waals surface area contributed by atoms with E-state index in [2.05, 4.69) is 10.3 Å². The van der Waals surface area contributed by atoms with Crippen LogP contribution in [-0.4, -0.2) is 44.4 Å². The van der Waals surface area contributed by atoms with E-state index in [0.717, 1.165) is 25.0 Å². The summed E-state index contributed by atoms with van der Waals surface area (Å²) < 4.78 is 10.2. The van der Waals surface area contributed by atoms with Gasteiger partial charge in [0.25, 0.3) is 5.91 Å². The molecule has 1 amide bonds. The van der Waals surface area contributed by atoms with Crippen molar-refractivity contribution >= 4 is 17.5 Å². The monoisotopic (exact) mass is 314 g/mol. The number of pyridine rings is 1. The molecule has 5 nitrogen and oxygen atoms in total. The Bertz CT molecular complexity index is 441. The summed E-state index contributed by atoms with van der Waals surface area (Å²) in [6.45, 7) is 4.50. The van der Waals surface area contributed by atoms with Crippen molar-refractivity contribution in [2.45, 2.75) is 26.2 Å². The topological polar surface area (TPSA) is 60.5 Å². The van der Waals surface area contributed by atoms with Crippen LogP contribution in [0.15, 0.2) is 12.1 Å². The number of carbonyl (C=O) groups excluding carboxylic acids is 1. The summed E-state index contributed by atoms with van der Waals surface area (Å²) in [5, 5.41) is 3.23. The van der Waals surface area contributed by atoms with Crippen molar-refractivity contribution in [3.05, 3.63) is 28.5 Å². The number of aromatic nitrogens is 1. The van der Waals surface area contributed by atoms with Gasteiger partial charge in [0.05, 0.1) is 13.2 Å². The van der Waals surface area contributed by atoms with Crippen molar-refractivity contribution in [3.63, 3.8) is 0 Å². The molecule has 0 aliphatic heterocycles. The molecule has 0 aliphatic rings. The molecule has 1 heterocycles. The van der Waals surface area contributed by atoms with E-state index in [1.807, 2.05) is 6.92 Å². The maximum absolute atomic E-state index is 12.0. The van der Waals surface area contributed by atoms with Crippen LogP contribution >= 0.6 is 11.6 Å². The first-order chi connectivity index (χ1) is 10.2. The Morgan fingerprint density at radius 3 is 2.81 bits per heavy atom. The summed E-state index contributed by atoms with van der Waals surface area (Å²) in [5.41, 5.74) is 1.38. The second-order valence-corrected chi connectivity index (χ2v) is 4.98. The van der Waals surface area contributed by atoms with Gasteiger partial charge in [-0.05, 0) is 31.4 Å². The molecular weight excluding hydrogens is 292 g/mol. The molecular formula is C15H23ClN2O3. The number of nitrogens with one attached hydrogen (secondary N) is 1. The van der Waals surface area contributed by atoms with Crippen LogP contribution in [0.4, 0.5) is 0 Å². The van der Waals surface area contributed by atoms with Gasteiger partial charge in [-0.2, -0.15) is 0 Å². The predicted molar refractivity (Wildman–Crippen MR) is 82.9 cm³/mol. The fourth-order valence-corrected chi connectivity index (χ4v) is 1.97. The first-order valence-corrected chi connectivity index (χ1v) is 7.56.